The maximum absolute atomic E-state index is 13.9. The number of hydrogen-bond acceptors (Lipinski definition) is 2. The van der Waals surface area contributed by atoms with Crippen molar-refractivity contribution < 1.29 is 9.13 Å². The lowest BCUT2D eigenvalue weighted by Gasteiger charge is -2.28. The molecule has 3 rings (SSSR count). The van der Waals surface area contributed by atoms with E-state index in [9.17, 15) is 4.39 Å². The fourth-order valence-electron chi connectivity index (χ4n) is 2.79. The van der Waals surface area contributed by atoms with Crippen molar-refractivity contribution in [1.82, 2.24) is 0 Å². The van der Waals surface area contributed by atoms with Gasteiger partial charge < -0.3 is 10.5 Å². The van der Waals surface area contributed by atoms with Crippen molar-refractivity contribution in [2.24, 2.45) is 5.73 Å². The zero-order valence-electron chi connectivity index (χ0n) is 12.0. The third kappa shape index (κ3) is 3.37. The van der Waals surface area contributed by atoms with Crippen LogP contribution in [0.2, 0.25) is 5.02 Å². The molecule has 0 radical (unpaired) electrons. The first kappa shape index (κ1) is 17.1. The van der Waals surface area contributed by atoms with Gasteiger partial charge in [-0.3, -0.25) is 0 Å². The van der Waals surface area contributed by atoms with Crippen LogP contribution in [-0.4, -0.2) is 12.6 Å². The second kappa shape index (κ2) is 7.32. The van der Waals surface area contributed by atoms with Gasteiger partial charge in [-0.2, -0.15) is 0 Å². The highest BCUT2D eigenvalue weighted by molar-refractivity contribution is 6.33. The van der Waals surface area contributed by atoms with Crippen LogP contribution in [0.1, 0.15) is 18.4 Å². The Kier molecular flexibility index (Phi) is 5.68. The summed E-state index contributed by atoms with van der Waals surface area (Å²) in [5.74, 6) is 0.485. The Labute approximate surface area is 140 Å². The lowest BCUT2D eigenvalue weighted by molar-refractivity contribution is 0.167. The van der Waals surface area contributed by atoms with Gasteiger partial charge in [-0.05, 0) is 49.6 Å². The number of nitrogens with two attached hydrogens (primary N) is 1. The highest BCUT2D eigenvalue weighted by atomic mass is 35.5. The zero-order chi connectivity index (χ0) is 14.8. The minimum absolute atomic E-state index is 0. The summed E-state index contributed by atoms with van der Waals surface area (Å²) >= 11 is 6.25. The standard InChI is InChI=1S/C17H17ClFNO.ClH/c18-16-4-2-1-3-14(16)15-10-12(19)9-11-5-6-13(7-8-20)21-17(11)15;/h1-4,9-10,13H,5-8,20H2;1H/t13-;/m1./s1. The number of fused-ring (bicyclic) bond motifs is 1. The SMILES string of the molecule is Cl.NCC[C@H]1CCc2cc(F)cc(-c3ccccc3Cl)c2O1. The fraction of sp³-hybridized carbons (Fsp3) is 0.294. The van der Waals surface area contributed by atoms with Crippen LogP contribution < -0.4 is 10.5 Å². The van der Waals surface area contributed by atoms with Gasteiger partial charge in [0, 0.05) is 16.1 Å². The van der Waals surface area contributed by atoms with Crippen LogP contribution in [-0.2, 0) is 6.42 Å². The molecule has 2 aromatic rings. The van der Waals surface area contributed by atoms with Crippen molar-refractivity contribution in [3.8, 4) is 16.9 Å². The maximum Gasteiger partial charge on any atom is 0.130 e. The molecule has 0 amide bonds. The van der Waals surface area contributed by atoms with Gasteiger partial charge in [0.25, 0.3) is 0 Å². The molecule has 0 saturated carbocycles. The lowest BCUT2D eigenvalue weighted by atomic mass is 9.94. The smallest absolute Gasteiger partial charge is 0.130 e. The second-order valence-electron chi connectivity index (χ2n) is 5.28. The Morgan fingerprint density at radius 3 is 2.73 bits per heavy atom. The summed E-state index contributed by atoms with van der Waals surface area (Å²) in [6, 6.07) is 10.5. The van der Waals surface area contributed by atoms with Crippen LogP contribution in [0.3, 0.4) is 0 Å². The summed E-state index contributed by atoms with van der Waals surface area (Å²) in [6.07, 6.45) is 2.57. The quantitative estimate of drug-likeness (QED) is 0.884. The highest BCUT2D eigenvalue weighted by Gasteiger charge is 2.24. The van der Waals surface area contributed by atoms with Crippen LogP contribution in [0.5, 0.6) is 5.75 Å². The molecular weight excluding hydrogens is 324 g/mol. The van der Waals surface area contributed by atoms with E-state index in [0.29, 0.717) is 11.6 Å². The predicted octanol–water partition coefficient (Wildman–Crippen LogP) is 4.61. The Balaban J connectivity index is 0.00000176. The molecule has 2 nitrogen and oxygen atoms in total. The third-order valence-electron chi connectivity index (χ3n) is 3.80. The largest absolute Gasteiger partial charge is 0.489 e. The summed E-state index contributed by atoms with van der Waals surface area (Å²) in [5.41, 5.74) is 8.03. The van der Waals surface area contributed by atoms with Crippen molar-refractivity contribution >= 4 is 24.0 Å². The van der Waals surface area contributed by atoms with Crippen LogP contribution in [0.15, 0.2) is 36.4 Å². The van der Waals surface area contributed by atoms with Gasteiger partial charge in [0.05, 0.1) is 0 Å². The monoisotopic (exact) mass is 341 g/mol. The summed E-state index contributed by atoms with van der Waals surface area (Å²) in [4.78, 5) is 0. The number of aryl methyl sites for hydroxylation is 1. The van der Waals surface area contributed by atoms with E-state index in [4.69, 9.17) is 22.1 Å². The zero-order valence-corrected chi connectivity index (χ0v) is 13.6. The summed E-state index contributed by atoms with van der Waals surface area (Å²) in [6.45, 7) is 0.586. The molecule has 0 bridgehead atoms. The van der Waals surface area contributed by atoms with E-state index >= 15 is 0 Å². The highest BCUT2D eigenvalue weighted by Crippen LogP contribution is 2.41. The van der Waals surface area contributed by atoms with Crippen molar-refractivity contribution in [2.75, 3.05) is 6.54 Å². The molecule has 2 aromatic carbocycles. The van der Waals surface area contributed by atoms with E-state index < -0.39 is 0 Å². The summed E-state index contributed by atoms with van der Waals surface area (Å²) in [5, 5.41) is 0.592. The molecule has 2 N–H and O–H groups in total. The Morgan fingerprint density at radius 1 is 1.23 bits per heavy atom. The number of ether oxygens (including phenoxy) is 1. The third-order valence-corrected chi connectivity index (χ3v) is 4.13. The Morgan fingerprint density at radius 2 is 2.00 bits per heavy atom. The first-order chi connectivity index (χ1) is 10.2. The summed E-state index contributed by atoms with van der Waals surface area (Å²) in [7, 11) is 0. The van der Waals surface area contributed by atoms with Gasteiger partial charge in [-0.1, -0.05) is 29.8 Å². The molecule has 0 unspecified atom stereocenters. The molecule has 0 fully saturated rings. The number of hydrogen-bond donors (Lipinski definition) is 1. The molecule has 118 valence electrons. The molecule has 0 spiro atoms. The molecule has 0 aliphatic carbocycles. The van der Waals surface area contributed by atoms with Gasteiger partial charge in [0.1, 0.15) is 17.7 Å². The van der Waals surface area contributed by atoms with Gasteiger partial charge >= 0.3 is 0 Å². The molecule has 1 aliphatic heterocycles. The molecular formula is C17H18Cl2FNO. The number of rotatable bonds is 3. The summed E-state index contributed by atoms with van der Waals surface area (Å²) < 4.78 is 20.0. The molecule has 5 heteroatoms. The van der Waals surface area contributed by atoms with E-state index in [2.05, 4.69) is 0 Å². The fourth-order valence-corrected chi connectivity index (χ4v) is 3.02. The maximum atomic E-state index is 13.9. The molecule has 0 saturated heterocycles. The number of benzene rings is 2. The van der Waals surface area contributed by atoms with Crippen LogP contribution in [0.25, 0.3) is 11.1 Å². The number of halogens is 3. The van der Waals surface area contributed by atoms with Crippen LogP contribution in [0, 0.1) is 5.82 Å². The first-order valence-corrected chi connectivity index (χ1v) is 7.51. The van der Waals surface area contributed by atoms with E-state index in [1.165, 1.54) is 6.07 Å². The van der Waals surface area contributed by atoms with E-state index in [0.717, 1.165) is 41.7 Å². The lowest BCUT2D eigenvalue weighted by Crippen LogP contribution is -2.26. The molecule has 22 heavy (non-hydrogen) atoms. The Bertz CT molecular complexity index is 663. The van der Waals surface area contributed by atoms with E-state index in [1.807, 2.05) is 18.2 Å². The minimum Gasteiger partial charge on any atom is -0.489 e. The van der Waals surface area contributed by atoms with Gasteiger partial charge in [-0.25, -0.2) is 4.39 Å². The average Bonchev–Trinajstić information content (AvgIpc) is 2.48. The normalized spacial score (nSPS) is 16.4. The van der Waals surface area contributed by atoms with Crippen molar-refractivity contribution in [1.29, 1.82) is 0 Å². The first-order valence-electron chi connectivity index (χ1n) is 7.13. The predicted molar refractivity (Wildman–Crippen MR) is 90.5 cm³/mol. The Hall–Kier alpha value is -1.29. The van der Waals surface area contributed by atoms with Crippen LogP contribution >= 0.6 is 24.0 Å². The topological polar surface area (TPSA) is 35.2 Å². The van der Waals surface area contributed by atoms with Crippen molar-refractivity contribution in [3.63, 3.8) is 0 Å². The average molecular weight is 342 g/mol. The van der Waals surface area contributed by atoms with Crippen molar-refractivity contribution in [3.05, 3.63) is 52.8 Å². The van der Waals surface area contributed by atoms with Gasteiger partial charge in [0.15, 0.2) is 0 Å². The second-order valence-corrected chi connectivity index (χ2v) is 5.68. The minimum atomic E-state index is -0.260. The van der Waals surface area contributed by atoms with E-state index in [-0.39, 0.29) is 24.3 Å². The molecule has 1 atom stereocenters. The van der Waals surface area contributed by atoms with Crippen molar-refractivity contribution in [2.45, 2.75) is 25.4 Å². The van der Waals surface area contributed by atoms with Crippen LogP contribution in [0.4, 0.5) is 4.39 Å². The molecule has 0 aromatic heterocycles. The molecule has 1 heterocycles. The van der Waals surface area contributed by atoms with E-state index in [1.54, 1.807) is 12.1 Å². The van der Waals surface area contributed by atoms with Gasteiger partial charge in [0.2, 0.25) is 0 Å². The molecule has 1 aliphatic rings. The van der Waals surface area contributed by atoms with Gasteiger partial charge in [-0.15, -0.1) is 12.4 Å².